The zero-order chi connectivity index (χ0) is 14.2. The zero-order valence-electron chi connectivity index (χ0n) is 10.7. The van der Waals surface area contributed by atoms with Gasteiger partial charge < -0.3 is 5.32 Å². The van der Waals surface area contributed by atoms with Crippen molar-refractivity contribution in [3.8, 4) is 0 Å². The minimum Gasteiger partial charge on any atom is -0.354 e. The first kappa shape index (κ1) is 14.4. The molecule has 2 rings (SSSR count). The molecule has 0 spiro atoms. The van der Waals surface area contributed by atoms with Crippen LogP contribution in [0.1, 0.15) is 6.42 Å². The van der Waals surface area contributed by atoms with Crippen molar-refractivity contribution >= 4 is 17.7 Å². The Labute approximate surface area is 119 Å². The predicted molar refractivity (Wildman–Crippen MR) is 72.6 cm³/mol. The lowest BCUT2D eigenvalue weighted by Gasteiger charge is -2.05. The maximum Gasteiger partial charge on any atom is 0.241 e. The van der Waals surface area contributed by atoms with Crippen LogP contribution in [0.5, 0.6) is 0 Å². The number of thioether (sulfide) groups is 1. The first-order valence-corrected chi connectivity index (χ1v) is 7.08. The number of tetrazole rings is 1. The number of halogens is 1. The lowest BCUT2D eigenvalue weighted by Crippen LogP contribution is -2.28. The zero-order valence-corrected chi connectivity index (χ0v) is 11.5. The van der Waals surface area contributed by atoms with Crippen molar-refractivity contribution in [2.75, 3.05) is 12.3 Å². The van der Waals surface area contributed by atoms with Gasteiger partial charge in [0.1, 0.15) is 18.7 Å². The van der Waals surface area contributed by atoms with Crippen LogP contribution in [0.4, 0.5) is 4.39 Å². The number of hydrogen-bond donors (Lipinski definition) is 1. The van der Waals surface area contributed by atoms with Gasteiger partial charge in [0.25, 0.3) is 0 Å². The Morgan fingerprint density at radius 1 is 1.35 bits per heavy atom. The molecule has 106 valence electrons. The highest BCUT2D eigenvalue weighted by molar-refractivity contribution is 7.99. The molecule has 1 heterocycles. The van der Waals surface area contributed by atoms with E-state index in [1.54, 1.807) is 23.9 Å². The number of aromatic nitrogens is 4. The molecule has 20 heavy (non-hydrogen) atoms. The molecule has 6 nitrogen and oxygen atoms in total. The molecule has 0 bridgehead atoms. The van der Waals surface area contributed by atoms with Gasteiger partial charge in [-0.3, -0.25) is 4.79 Å². The van der Waals surface area contributed by atoms with E-state index in [0.717, 1.165) is 17.1 Å². The van der Waals surface area contributed by atoms with E-state index in [9.17, 15) is 9.18 Å². The van der Waals surface area contributed by atoms with Crippen LogP contribution >= 0.6 is 11.8 Å². The average Bonchev–Trinajstić information content (AvgIpc) is 2.93. The molecule has 1 N–H and O–H groups in total. The third-order valence-corrected chi connectivity index (χ3v) is 3.52. The van der Waals surface area contributed by atoms with Gasteiger partial charge in [0.05, 0.1) is 0 Å². The minimum absolute atomic E-state index is 0.121. The molecule has 0 saturated heterocycles. The summed E-state index contributed by atoms with van der Waals surface area (Å²) in [7, 11) is 0. The van der Waals surface area contributed by atoms with Gasteiger partial charge in [-0.15, -0.1) is 16.9 Å². The first-order valence-electron chi connectivity index (χ1n) is 6.10. The van der Waals surface area contributed by atoms with Gasteiger partial charge in [-0.05, 0) is 46.9 Å². The fraction of sp³-hybridized carbons (Fsp3) is 0.333. The molecule has 1 amide bonds. The molecule has 0 fully saturated rings. The van der Waals surface area contributed by atoms with E-state index in [1.165, 1.54) is 23.1 Å². The van der Waals surface area contributed by atoms with Crippen molar-refractivity contribution in [3.05, 3.63) is 36.4 Å². The summed E-state index contributed by atoms with van der Waals surface area (Å²) < 4.78 is 14.1. The smallest absolute Gasteiger partial charge is 0.241 e. The number of hydrogen-bond acceptors (Lipinski definition) is 5. The van der Waals surface area contributed by atoms with Gasteiger partial charge in [0.2, 0.25) is 5.91 Å². The highest BCUT2D eigenvalue weighted by Gasteiger charge is 2.02. The Morgan fingerprint density at radius 3 is 2.85 bits per heavy atom. The normalized spacial score (nSPS) is 10.4. The maximum absolute atomic E-state index is 12.7. The maximum atomic E-state index is 12.7. The van der Waals surface area contributed by atoms with Gasteiger partial charge >= 0.3 is 0 Å². The van der Waals surface area contributed by atoms with E-state index >= 15 is 0 Å². The van der Waals surface area contributed by atoms with Crippen molar-refractivity contribution in [2.24, 2.45) is 0 Å². The van der Waals surface area contributed by atoms with E-state index < -0.39 is 0 Å². The van der Waals surface area contributed by atoms with Crippen molar-refractivity contribution in [1.29, 1.82) is 0 Å². The third-order valence-electron chi connectivity index (χ3n) is 2.42. The number of amides is 1. The standard InChI is InChI=1S/C12H14FN5OS/c13-10-2-4-11(5-3-10)20-7-1-6-14-12(19)8-18-9-15-16-17-18/h2-5,9H,1,6-8H2,(H,14,19). The van der Waals surface area contributed by atoms with Crippen molar-refractivity contribution in [3.63, 3.8) is 0 Å². The molecule has 0 aliphatic carbocycles. The molecular formula is C12H14FN5OS. The van der Waals surface area contributed by atoms with Crippen molar-refractivity contribution < 1.29 is 9.18 Å². The van der Waals surface area contributed by atoms with Crippen LogP contribution in [-0.4, -0.2) is 38.4 Å². The summed E-state index contributed by atoms with van der Waals surface area (Å²) >= 11 is 1.63. The van der Waals surface area contributed by atoms with E-state index in [-0.39, 0.29) is 18.3 Å². The van der Waals surface area contributed by atoms with Crippen LogP contribution in [0.2, 0.25) is 0 Å². The average molecular weight is 295 g/mol. The predicted octanol–water partition coefficient (Wildman–Crippen LogP) is 1.11. The summed E-state index contributed by atoms with van der Waals surface area (Å²) in [4.78, 5) is 12.5. The quantitative estimate of drug-likeness (QED) is 0.612. The summed E-state index contributed by atoms with van der Waals surface area (Å²) in [6.45, 7) is 0.716. The molecule has 2 aromatic rings. The number of nitrogens with one attached hydrogen (secondary N) is 1. The second-order valence-corrected chi connectivity index (χ2v) is 5.18. The summed E-state index contributed by atoms with van der Waals surface area (Å²) in [5, 5.41) is 13.3. The monoisotopic (exact) mass is 295 g/mol. The molecule has 0 atom stereocenters. The second-order valence-electron chi connectivity index (χ2n) is 4.01. The highest BCUT2D eigenvalue weighted by Crippen LogP contribution is 2.18. The molecule has 0 aliphatic rings. The Hall–Kier alpha value is -1.96. The molecule has 1 aromatic carbocycles. The molecular weight excluding hydrogens is 281 g/mol. The topological polar surface area (TPSA) is 72.7 Å². The molecule has 0 aliphatic heterocycles. The Kier molecular flexibility index (Phi) is 5.48. The van der Waals surface area contributed by atoms with Crippen LogP contribution in [-0.2, 0) is 11.3 Å². The van der Waals surface area contributed by atoms with Crippen molar-refractivity contribution in [2.45, 2.75) is 17.9 Å². The fourth-order valence-electron chi connectivity index (χ4n) is 1.48. The van der Waals surface area contributed by atoms with Gasteiger partial charge in [0.15, 0.2) is 0 Å². The molecule has 1 aromatic heterocycles. The van der Waals surface area contributed by atoms with Gasteiger partial charge in [-0.1, -0.05) is 0 Å². The van der Waals surface area contributed by atoms with Gasteiger partial charge in [0, 0.05) is 11.4 Å². The Morgan fingerprint density at radius 2 is 2.15 bits per heavy atom. The number of rotatable bonds is 7. The SMILES string of the molecule is O=C(Cn1cnnn1)NCCCSc1ccc(F)cc1. The summed E-state index contributed by atoms with van der Waals surface area (Å²) in [6.07, 6.45) is 2.23. The summed E-state index contributed by atoms with van der Waals surface area (Å²) in [5.74, 6) is 0.505. The minimum atomic E-state index is -0.232. The lowest BCUT2D eigenvalue weighted by molar-refractivity contribution is -0.121. The number of nitrogens with zero attached hydrogens (tertiary/aromatic N) is 4. The number of benzene rings is 1. The van der Waals surface area contributed by atoms with E-state index in [1.807, 2.05) is 0 Å². The second kappa shape index (κ2) is 7.59. The first-order chi connectivity index (χ1) is 9.74. The number of carbonyl (C=O) groups is 1. The molecule has 8 heteroatoms. The molecule has 0 saturated carbocycles. The number of carbonyl (C=O) groups excluding carboxylic acids is 1. The van der Waals surface area contributed by atoms with Gasteiger partial charge in [-0.25, -0.2) is 9.07 Å². The van der Waals surface area contributed by atoms with E-state index in [2.05, 4.69) is 20.8 Å². The summed E-state index contributed by atoms with van der Waals surface area (Å²) in [6, 6.07) is 6.37. The van der Waals surface area contributed by atoms with Crippen LogP contribution in [0.3, 0.4) is 0 Å². The molecule has 0 radical (unpaired) electrons. The van der Waals surface area contributed by atoms with Crippen LogP contribution in [0.15, 0.2) is 35.5 Å². The lowest BCUT2D eigenvalue weighted by atomic mass is 10.4. The Bertz CT molecular complexity index is 531. The largest absolute Gasteiger partial charge is 0.354 e. The summed E-state index contributed by atoms with van der Waals surface area (Å²) in [5.41, 5.74) is 0. The van der Waals surface area contributed by atoms with Crippen molar-refractivity contribution in [1.82, 2.24) is 25.5 Å². The van der Waals surface area contributed by atoms with Crippen LogP contribution in [0, 0.1) is 5.82 Å². The molecule has 0 unspecified atom stereocenters. The van der Waals surface area contributed by atoms with E-state index in [0.29, 0.717) is 6.54 Å². The Balaban J connectivity index is 1.57. The third kappa shape index (κ3) is 4.96. The van der Waals surface area contributed by atoms with Crippen LogP contribution in [0.25, 0.3) is 0 Å². The van der Waals surface area contributed by atoms with Gasteiger partial charge in [-0.2, -0.15) is 0 Å². The fourth-order valence-corrected chi connectivity index (χ4v) is 2.33. The highest BCUT2D eigenvalue weighted by atomic mass is 32.2. The van der Waals surface area contributed by atoms with Crippen LogP contribution < -0.4 is 5.32 Å². The van der Waals surface area contributed by atoms with E-state index in [4.69, 9.17) is 0 Å².